The van der Waals surface area contributed by atoms with E-state index in [1.54, 1.807) is 0 Å². The van der Waals surface area contributed by atoms with Gasteiger partial charge < -0.3 is 0 Å². The molecule has 0 amide bonds. The number of rotatable bonds is 0. The molecule has 9 heavy (non-hydrogen) atoms. The topological polar surface area (TPSA) is 0 Å². The summed E-state index contributed by atoms with van der Waals surface area (Å²) < 4.78 is 35.0. The predicted molar refractivity (Wildman–Crippen MR) is 26.7 cm³/mol. The van der Waals surface area contributed by atoms with E-state index in [0.717, 1.165) is 0 Å². The van der Waals surface area contributed by atoms with Crippen molar-refractivity contribution >= 4 is 0 Å². The summed E-state index contributed by atoms with van der Waals surface area (Å²) in [7, 11) is 0. The van der Waals surface area contributed by atoms with Gasteiger partial charge in [-0.15, -0.1) is 0 Å². The maximum Gasteiger partial charge on any atom is 0.412 e. The minimum Gasteiger partial charge on any atom is -0.166 e. The fourth-order valence-electron chi connectivity index (χ4n) is 0.835. The molecule has 0 aromatic rings. The largest absolute Gasteiger partial charge is 0.412 e. The van der Waals surface area contributed by atoms with Gasteiger partial charge in [-0.2, -0.15) is 13.2 Å². The van der Waals surface area contributed by atoms with E-state index in [4.69, 9.17) is 0 Å². The van der Waals surface area contributed by atoms with Crippen molar-refractivity contribution in [3.63, 3.8) is 0 Å². The number of hydrogen-bond donors (Lipinski definition) is 0. The lowest BCUT2D eigenvalue weighted by Gasteiger charge is -2.04. The van der Waals surface area contributed by atoms with E-state index in [9.17, 15) is 13.2 Å². The van der Waals surface area contributed by atoms with Gasteiger partial charge in [0, 0.05) is 5.57 Å². The first-order valence-electron chi connectivity index (χ1n) is 2.77. The lowest BCUT2D eigenvalue weighted by molar-refractivity contribution is -0.0935. The van der Waals surface area contributed by atoms with Crippen molar-refractivity contribution in [2.75, 3.05) is 0 Å². The summed E-state index contributed by atoms with van der Waals surface area (Å²) in [4.78, 5) is 0. The molecule has 3 heteroatoms. The van der Waals surface area contributed by atoms with E-state index in [-0.39, 0.29) is 6.42 Å². The molecule has 51 valence electrons. The van der Waals surface area contributed by atoms with Gasteiger partial charge in [0.05, 0.1) is 0 Å². The Hall–Kier alpha value is -0.470. The van der Waals surface area contributed by atoms with Crippen molar-refractivity contribution in [2.45, 2.75) is 25.4 Å². The molecule has 0 spiro atoms. The smallest absolute Gasteiger partial charge is 0.166 e. The maximum atomic E-state index is 11.7. The van der Waals surface area contributed by atoms with Gasteiger partial charge >= 0.3 is 6.18 Å². The van der Waals surface area contributed by atoms with Crippen LogP contribution in [0.2, 0.25) is 0 Å². The Morgan fingerprint density at radius 1 is 1.33 bits per heavy atom. The van der Waals surface area contributed by atoms with Crippen molar-refractivity contribution in [1.29, 1.82) is 0 Å². The van der Waals surface area contributed by atoms with Crippen LogP contribution in [0.4, 0.5) is 13.2 Å². The van der Waals surface area contributed by atoms with E-state index in [1.807, 2.05) is 0 Å². The third-order valence-electron chi connectivity index (χ3n) is 1.28. The zero-order valence-electron chi connectivity index (χ0n) is 4.76. The van der Waals surface area contributed by atoms with Crippen molar-refractivity contribution in [3.05, 3.63) is 11.6 Å². The lowest BCUT2D eigenvalue weighted by Crippen LogP contribution is -2.09. The molecule has 1 aliphatic rings. The number of alkyl halides is 3. The third-order valence-corrected chi connectivity index (χ3v) is 1.28. The van der Waals surface area contributed by atoms with Crippen LogP contribution in [0.15, 0.2) is 5.57 Å². The van der Waals surface area contributed by atoms with E-state index >= 15 is 0 Å². The van der Waals surface area contributed by atoms with E-state index in [2.05, 4.69) is 6.08 Å². The molecule has 0 saturated heterocycles. The fourth-order valence-corrected chi connectivity index (χ4v) is 0.835. The van der Waals surface area contributed by atoms with Gasteiger partial charge in [-0.3, -0.25) is 0 Å². The maximum absolute atomic E-state index is 11.7. The summed E-state index contributed by atoms with van der Waals surface area (Å²) in [6.45, 7) is 0. The second kappa shape index (κ2) is 2.05. The molecule has 0 N–H and O–H groups in total. The Balaban J connectivity index is 2.61. The number of allylic oxidation sites excluding steroid dienone is 2. The van der Waals surface area contributed by atoms with Crippen LogP contribution in [0.1, 0.15) is 19.3 Å². The van der Waals surface area contributed by atoms with Crippen LogP contribution in [-0.2, 0) is 0 Å². The minimum absolute atomic E-state index is 0.156. The van der Waals surface area contributed by atoms with Gasteiger partial charge in [0.1, 0.15) is 0 Å². The van der Waals surface area contributed by atoms with E-state index < -0.39 is 11.7 Å². The molecule has 1 radical (unpaired) electrons. The number of hydrogen-bond acceptors (Lipinski definition) is 0. The first-order chi connectivity index (χ1) is 4.11. The molecule has 0 aliphatic heterocycles. The van der Waals surface area contributed by atoms with Gasteiger partial charge in [0.25, 0.3) is 0 Å². The SMILES string of the molecule is FC(F)(F)C1=[C]CCC1. The predicted octanol–water partition coefficient (Wildman–Crippen LogP) is 2.46. The van der Waals surface area contributed by atoms with Crippen LogP contribution >= 0.6 is 0 Å². The fraction of sp³-hybridized carbons (Fsp3) is 0.667. The van der Waals surface area contributed by atoms with Crippen molar-refractivity contribution in [2.24, 2.45) is 0 Å². The van der Waals surface area contributed by atoms with Gasteiger partial charge in [-0.05, 0) is 25.3 Å². The van der Waals surface area contributed by atoms with Crippen molar-refractivity contribution < 1.29 is 13.2 Å². The monoisotopic (exact) mass is 135 g/mol. The molecule has 0 bridgehead atoms. The third kappa shape index (κ3) is 1.47. The highest BCUT2D eigenvalue weighted by atomic mass is 19.4. The standard InChI is InChI=1S/C6H6F3/c7-6(8,9)5-3-1-2-4-5/h1-3H2. The zero-order valence-corrected chi connectivity index (χ0v) is 4.76. The van der Waals surface area contributed by atoms with Crippen LogP contribution in [0, 0.1) is 6.08 Å². The quantitative estimate of drug-likeness (QED) is 0.478. The van der Waals surface area contributed by atoms with Gasteiger partial charge in [0.2, 0.25) is 0 Å². The summed E-state index contributed by atoms with van der Waals surface area (Å²) in [5.74, 6) is 0. The minimum atomic E-state index is -4.11. The Labute approximate surface area is 51.4 Å². The highest BCUT2D eigenvalue weighted by Crippen LogP contribution is 2.32. The lowest BCUT2D eigenvalue weighted by atomic mass is 10.2. The molecule has 1 aliphatic carbocycles. The van der Waals surface area contributed by atoms with Crippen molar-refractivity contribution in [3.8, 4) is 0 Å². The average molecular weight is 135 g/mol. The zero-order chi connectivity index (χ0) is 6.91. The highest BCUT2D eigenvalue weighted by molar-refractivity contribution is 5.08. The summed E-state index contributed by atoms with van der Waals surface area (Å²) >= 11 is 0. The normalized spacial score (nSPS) is 20.1. The van der Waals surface area contributed by atoms with Crippen LogP contribution in [-0.4, -0.2) is 6.18 Å². The molecular formula is C6H6F3. The van der Waals surface area contributed by atoms with Gasteiger partial charge in [-0.1, -0.05) is 0 Å². The molecule has 0 heterocycles. The van der Waals surface area contributed by atoms with Crippen LogP contribution in [0.3, 0.4) is 0 Å². The molecule has 0 saturated carbocycles. The Bertz CT molecular complexity index is 132. The average Bonchev–Trinajstić information content (AvgIpc) is 2.08. The van der Waals surface area contributed by atoms with Crippen molar-refractivity contribution in [1.82, 2.24) is 0 Å². The van der Waals surface area contributed by atoms with E-state index in [0.29, 0.717) is 12.8 Å². The first-order valence-corrected chi connectivity index (χ1v) is 2.77. The molecule has 1 rings (SSSR count). The highest BCUT2D eigenvalue weighted by Gasteiger charge is 2.34. The summed E-state index contributed by atoms with van der Waals surface area (Å²) in [5, 5.41) is 0. The molecule has 0 aromatic heterocycles. The summed E-state index contributed by atoms with van der Waals surface area (Å²) in [6, 6.07) is 0. The summed E-state index contributed by atoms with van der Waals surface area (Å²) in [5.41, 5.74) is -0.470. The van der Waals surface area contributed by atoms with E-state index in [1.165, 1.54) is 0 Å². The Morgan fingerprint density at radius 3 is 2.22 bits per heavy atom. The number of halogens is 3. The second-order valence-electron chi connectivity index (χ2n) is 2.01. The van der Waals surface area contributed by atoms with Gasteiger partial charge in [-0.25, -0.2) is 0 Å². The molecular weight excluding hydrogens is 129 g/mol. The van der Waals surface area contributed by atoms with Crippen LogP contribution in [0.25, 0.3) is 0 Å². The molecule has 0 aromatic carbocycles. The van der Waals surface area contributed by atoms with Crippen LogP contribution in [0.5, 0.6) is 0 Å². The molecule has 0 atom stereocenters. The Morgan fingerprint density at radius 2 is 2.00 bits per heavy atom. The first kappa shape index (κ1) is 6.65. The summed E-state index contributed by atoms with van der Waals surface area (Å²) in [6.07, 6.45) is -0.597. The Kier molecular flexibility index (Phi) is 1.51. The van der Waals surface area contributed by atoms with Gasteiger partial charge in [0.15, 0.2) is 0 Å². The molecule has 0 nitrogen and oxygen atoms in total. The second-order valence-corrected chi connectivity index (χ2v) is 2.01. The van der Waals surface area contributed by atoms with Crippen LogP contribution < -0.4 is 0 Å². The molecule has 0 unspecified atom stereocenters. The molecule has 0 fully saturated rings.